The molecular weight excluding hydrogens is 757 g/mol. The highest BCUT2D eigenvalue weighted by atomic mass is 14.9. The zero-order chi connectivity index (χ0) is 41.0. The Hall–Kier alpha value is -8.48. The summed E-state index contributed by atoms with van der Waals surface area (Å²) in [7, 11) is 0. The molecule has 3 aromatic heterocycles. The highest BCUT2D eigenvalue weighted by molar-refractivity contribution is 6.10. The second-order valence-corrected chi connectivity index (χ2v) is 15.5. The summed E-state index contributed by atoms with van der Waals surface area (Å²) in [6, 6.07) is 67.5. The van der Waals surface area contributed by atoms with Gasteiger partial charge in [-0.3, -0.25) is 9.97 Å². The van der Waals surface area contributed by atoms with E-state index in [0.717, 1.165) is 99.9 Å². The molecule has 0 aliphatic heterocycles. The van der Waals surface area contributed by atoms with Gasteiger partial charge >= 0.3 is 0 Å². The Morgan fingerprint density at radius 3 is 1.39 bits per heavy atom. The van der Waals surface area contributed by atoms with E-state index >= 15 is 0 Å². The Balaban J connectivity index is 1.09. The summed E-state index contributed by atoms with van der Waals surface area (Å²) in [5, 5.41) is 5.67. The van der Waals surface area contributed by atoms with Crippen LogP contribution in [-0.2, 0) is 0 Å². The SMILES string of the molecule is c1ccc2c(-c3cc(-c4cccc5ccccc45)c4nc(-c5ccc(-c6cnc7ccccc7n6)cc5)nc(-c5ccc(-c6cnc7ccccc7n6)cc5)c4c3)cccc2c1. The Kier molecular flexibility index (Phi) is 8.38. The predicted molar refractivity (Wildman–Crippen MR) is 253 cm³/mol. The number of fused-ring (bicyclic) bond motifs is 5. The Morgan fingerprint density at radius 2 is 0.774 bits per heavy atom. The molecule has 0 bridgehead atoms. The molecule has 0 aliphatic carbocycles. The van der Waals surface area contributed by atoms with Crippen LogP contribution in [0.5, 0.6) is 0 Å². The van der Waals surface area contributed by atoms with Crippen LogP contribution in [0.1, 0.15) is 0 Å². The third-order valence-corrected chi connectivity index (χ3v) is 11.8. The molecule has 12 aromatic rings. The molecule has 6 heteroatoms. The van der Waals surface area contributed by atoms with Crippen LogP contribution < -0.4 is 0 Å². The highest BCUT2D eigenvalue weighted by Crippen LogP contribution is 2.42. The van der Waals surface area contributed by atoms with Gasteiger partial charge in [-0.2, -0.15) is 0 Å². The molecule has 0 fully saturated rings. The van der Waals surface area contributed by atoms with Crippen molar-refractivity contribution in [2.24, 2.45) is 0 Å². The highest BCUT2D eigenvalue weighted by Gasteiger charge is 2.20. The maximum absolute atomic E-state index is 5.49. The molecule has 0 unspecified atom stereocenters. The Labute approximate surface area is 357 Å². The number of benzene rings is 9. The first-order valence-electron chi connectivity index (χ1n) is 20.7. The van der Waals surface area contributed by atoms with E-state index in [9.17, 15) is 0 Å². The van der Waals surface area contributed by atoms with Gasteiger partial charge in [-0.15, -0.1) is 0 Å². The quantitative estimate of drug-likeness (QED) is 0.167. The third kappa shape index (κ3) is 6.21. The van der Waals surface area contributed by atoms with Crippen molar-refractivity contribution in [1.82, 2.24) is 29.9 Å². The molecule has 6 nitrogen and oxygen atoms in total. The van der Waals surface area contributed by atoms with Crippen LogP contribution >= 0.6 is 0 Å². The maximum Gasteiger partial charge on any atom is 0.160 e. The number of para-hydroxylation sites is 4. The molecule has 3 heterocycles. The lowest BCUT2D eigenvalue weighted by Gasteiger charge is -2.17. The van der Waals surface area contributed by atoms with Gasteiger partial charge in [0.2, 0.25) is 0 Å². The van der Waals surface area contributed by atoms with Crippen molar-refractivity contribution in [2.75, 3.05) is 0 Å². The maximum atomic E-state index is 5.49. The molecule has 0 radical (unpaired) electrons. The minimum atomic E-state index is 0.632. The smallest absolute Gasteiger partial charge is 0.160 e. The lowest BCUT2D eigenvalue weighted by Crippen LogP contribution is -1.99. The van der Waals surface area contributed by atoms with Gasteiger partial charge in [0.05, 0.1) is 57.1 Å². The number of hydrogen-bond acceptors (Lipinski definition) is 6. The van der Waals surface area contributed by atoms with Crippen LogP contribution in [0.15, 0.2) is 207 Å². The summed E-state index contributed by atoms with van der Waals surface area (Å²) >= 11 is 0. The standard InChI is InChI=1S/C56H34N6/c1-3-15-42-35(11-1)13-9-17-44(42)41-31-46(45-18-10-14-36-12-2-4-16-43(36)45)55-47(32-41)54(39-27-23-37(24-28-39)52-33-57-48-19-5-7-21-50(48)59-52)61-56(62-55)40-29-25-38(26-30-40)53-34-58-49-20-6-8-22-51(49)60-53/h1-34H. The topological polar surface area (TPSA) is 77.3 Å². The molecule has 288 valence electrons. The van der Waals surface area contributed by atoms with Crippen molar-refractivity contribution in [2.45, 2.75) is 0 Å². The fourth-order valence-corrected chi connectivity index (χ4v) is 8.66. The van der Waals surface area contributed by atoms with E-state index in [-0.39, 0.29) is 0 Å². The minimum Gasteiger partial charge on any atom is -0.252 e. The molecule has 0 spiro atoms. The fraction of sp³-hybridized carbons (Fsp3) is 0. The van der Waals surface area contributed by atoms with E-state index in [1.54, 1.807) is 0 Å². The third-order valence-electron chi connectivity index (χ3n) is 11.8. The minimum absolute atomic E-state index is 0.632. The van der Waals surface area contributed by atoms with Crippen LogP contribution in [0, 0.1) is 0 Å². The average Bonchev–Trinajstić information content (AvgIpc) is 3.35. The largest absolute Gasteiger partial charge is 0.252 e. The molecule has 12 rings (SSSR count). The summed E-state index contributed by atoms with van der Waals surface area (Å²) in [4.78, 5) is 30.2. The van der Waals surface area contributed by atoms with Gasteiger partial charge in [-0.1, -0.05) is 158 Å². The summed E-state index contributed by atoms with van der Waals surface area (Å²) in [6.45, 7) is 0. The van der Waals surface area contributed by atoms with Crippen molar-refractivity contribution < 1.29 is 0 Å². The van der Waals surface area contributed by atoms with Crippen LogP contribution in [0.4, 0.5) is 0 Å². The van der Waals surface area contributed by atoms with Crippen molar-refractivity contribution >= 4 is 54.5 Å². The molecule has 0 aliphatic rings. The summed E-state index contributed by atoms with van der Waals surface area (Å²) in [5.74, 6) is 0.632. The first-order chi connectivity index (χ1) is 30.7. The van der Waals surface area contributed by atoms with E-state index < -0.39 is 0 Å². The van der Waals surface area contributed by atoms with Gasteiger partial charge in [-0.25, -0.2) is 19.9 Å². The van der Waals surface area contributed by atoms with Crippen LogP contribution in [0.3, 0.4) is 0 Å². The van der Waals surface area contributed by atoms with E-state index in [0.29, 0.717) is 5.82 Å². The van der Waals surface area contributed by atoms with E-state index in [1.165, 1.54) is 16.2 Å². The van der Waals surface area contributed by atoms with Gasteiger partial charge in [0, 0.05) is 33.2 Å². The second kappa shape index (κ2) is 14.7. The van der Waals surface area contributed by atoms with Crippen LogP contribution in [0.2, 0.25) is 0 Å². The Bertz CT molecular complexity index is 3680. The lowest BCUT2D eigenvalue weighted by atomic mass is 9.90. The van der Waals surface area contributed by atoms with Gasteiger partial charge in [0.1, 0.15) is 0 Å². The monoisotopic (exact) mass is 790 g/mol. The molecule has 62 heavy (non-hydrogen) atoms. The summed E-state index contributed by atoms with van der Waals surface area (Å²) in [5.41, 5.74) is 15.0. The van der Waals surface area contributed by atoms with Crippen LogP contribution in [-0.4, -0.2) is 29.9 Å². The first kappa shape index (κ1) is 35.5. The van der Waals surface area contributed by atoms with E-state index in [2.05, 4.69) is 151 Å². The Morgan fingerprint density at radius 1 is 0.290 bits per heavy atom. The molecule has 0 N–H and O–H groups in total. The van der Waals surface area contributed by atoms with E-state index in [1.807, 2.05) is 60.9 Å². The lowest BCUT2D eigenvalue weighted by molar-refractivity contribution is 1.23. The zero-order valence-corrected chi connectivity index (χ0v) is 33.3. The van der Waals surface area contributed by atoms with Gasteiger partial charge in [-0.05, 0) is 74.6 Å². The van der Waals surface area contributed by atoms with Gasteiger partial charge in [0.15, 0.2) is 5.82 Å². The van der Waals surface area contributed by atoms with Crippen molar-refractivity contribution in [1.29, 1.82) is 0 Å². The molecule has 9 aromatic carbocycles. The second-order valence-electron chi connectivity index (χ2n) is 15.5. The van der Waals surface area contributed by atoms with Crippen LogP contribution in [0.25, 0.3) is 122 Å². The van der Waals surface area contributed by atoms with Crippen molar-refractivity contribution in [3.05, 3.63) is 207 Å². The van der Waals surface area contributed by atoms with Gasteiger partial charge < -0.3 is 0 Å². The number of nitrogens with zero attached hydrogens (tertiary/aromatic N) is 6. The summed E-state index contributed by atoms with van der Waals surface area (Å²) < 4.78 is 0. The van der Waals surface area contributed by atoms with E-state index in [4.69, 9.17) is 24.9 Å². The van der Waals surface area contributed by atoms with Gasteiger partial charge in [0.25, 0.3) is 0 Å². The fourth-order valence-electron chi connectivity index (χ4n) is 8.66. The number of aromatic nitrogens is 6. The first-order valence-corrected chi connectivity index (χ1v) is 20.7. The molecule has 0 saturated carbocycles. The zero-order valence-electron chi connectivity index (χ0n) is 33.3. The number of hydrogen-bond donors (Lipinski definition) is 0. The molecule has 0 saturated heterocycles. The summed E-state index contributed by atoms with van der Waals surface area (Å²) in [6.07, 6.45) is 3.68. The van der Waals surface area contributed by atoms with Crippen molar-refractivity contribution in [3.63, 3.8) is 0 Å². The molecule has 0 atom stereocenters. The number of rotatable bonds is 6. The van der Waals surface area contributed by atoms with Crippen molar-refractivity contribution in [3.8, 4) is 67.4 Å². The normalized spacial score (nSPS) is 11.5. The molecular formula is C56H34N6. The predicted octanol–water partition coefficient (Wildman–Crippen LogP) is 13.8. The molecule has 0 amide bonds. The average molecular weight is 791 g/mol.